The Morgan fingerprint density at radius 3 is 2.55 bits per heavy atom. The fraction of sp³-hybridized carbons (Fsp3) is 0.647. The molecule has 0 aromatic heterocycles. The second-order valence-corrected chi connectivity index (χ2v) is 6.17. The number of nitrogens with two attached hydrogens (primary N) is 1. The molecular weight excluding hydrogens is 248 g/mol. The van der Waals surface area contributed by atoms with Crippen LogP contribution in [-0.4, -0.2) is 32.1 Å². The van der Waals surface area contributed by atoms with Crippen molar-refractivity contribution in [3.05, 3.63) is 29.8 Å². The SMILES string of the molecule is COc1cccc(CN(C)CC2CCC(CN)CC2)c1. The highest BCUT2D eigenvalue weighted by Crippen LogP contribution is 2.28. The summed E-state index contributed by atoms with van der Waals surface area (Å²) in [4.78, 5) is 2.43. The van der Waals surface area contributed by atoms with E-state index in [0.717, 1.165) is 30.7 Å². The van der Waals surface area contributed by atoms with Crippen molar-refractivity contribution in [2.75, 3.05) is 27.2 Å². The van der Waals surface area contributed by atoms with E-state index in [1.807, 2.05) is 6.07 Å². The minimum atomic E-state index is 0.773. The molecule has 0 amide bonds. The van der Waals surface area contributed by atoms with Crippen molar-refractivity contribution in [1.29, 1.82) is 0 Å². The quantitative estimate of drug-likeness (QED) is 0.868. The van der Waals surface area contributed by atoms with Gasteiger partial charge in [-0.2, -0.15) is 0 Å². The van der Waals surface area contributed by atoms with Gasteiger partial charge in [-0.1, -0.05) is 12.1 Å². The number of methoxy groups -OCH3 is 1. The summed E-state index contributed by atoms with van der Waals surface area (Å²) in [5, 5.41) is 0. The van der Waals surface area contributed by atoms with E-state index in [2.05, 4.69) is 30.1 Å². The maximum atomic E-state index is 5.76. The van der Waals surface area contributed by atoms with Gasteiger partial charge in [0.1, 0.15) is 5.75 Å². The molecule has 0 spiro atoms. The van der Waals surface area contributed by atoms with Gasteiger partial charge >= 0.3 is 0 Å². The van der Waals surface area contributed by atoms with Crippen molar-refractivity contribution < 1.29 is 4.74 Å². The molecule has 1 aliphatic rings. The predicted octanol–water partition coefficient (Wildman–Crippen LogP) is 2.89. The van der Waals surface area contributed by atoms with E-state index >= 15 is 0 Å². The minimum absolute atomic E-state index is 0.773. The van der Waals surface area contributed by atoms with Gasteiger partial charge in [-0.05, 0) is 68.8 Å². The Bertz CT molecular complexity index is 400. The van der Waals surface area contributed by atoms with Crippen LogP contribution < -0.4 is 10.5 Å². The van der Waals surface area contributed by atoms with Gasteiger partial charge in [0.15, 0.2) is 0 Å². The molecule has 1 aromatic carbocycles. The maximum absolute atomic E-state index is 5.76. The van der Waals surface area contributed by atoms with E-state index in [4.69, 9.17) is 10.5 Å². The lowest BCUT2D eigenvalue weighted by Gasteiger charge is -2.30. The van der Waals surface area contributed by atoms with Crippen LogP contribution in [0, 0.1) is 11.8 Å². The molecule has 2 rings (SSSR count). The highest BCUT2D eigenvalue weighted by molar-refractivity contribution is 5.28. The molecule has 3 heteroatoms. The summed E-state index contributed by atoms with van der Waals surface area (Å²) in [7, 11) is 3.94. The maximum Gasteiger partial charge on any atom is 0.119 e. The first-order valence-electron chi connectivity index (χ1n) is 7.72. The summed E-state index contributed by atoms with van der Waals surface area (Å²) in [5.74, 6) is 2.56. The molecule has 20 heavy (non-hydrogen) atoms. The summed E-state index contributed by atoms with van der Waals surface area (Å²) in [5.41, 5.74) is 7.08. The van der Waals surface area contributed by atoms with Gasteiger partial charge in [-0.25, -0.2) is 0 Å². The molecule has 112 valence electrons. The lowest BCUT2D eigenvalue weighted by atomic mass is 9.82. The van der Waals surface area contributed by atoms with Crippen LogP contribution in [0.1, 0.15) is 31.2 Å². The van der Waals surface area contributed by atoms with Gasteiger partial charge in [-0.3, -0.25) is 0 Å². The Hall–Kier alpha value is -1.06. The Kier molecular flexibility index (Phi) is 5.86. The minimum Gasteiger partial charge on any atom is -0.497 e. The van der Waals surface area contributed by atoms with Crippen molar-refractivity contribution >= 4 is 0 Å². The molecule has 0 heterocycles. The van der Waals surface area contributed by atoms with E-state index in [-0.39, 0.29) is 0 Å². The standard InChI is InChI=1S/C17H28N2O/c1-19(12-15-8-6-14(11-18)7-9-15)13-16-4-3-5-17(10-16)20-2/h3-5,10,14-15H,6-9,11-13,18H2,1-2H3. The van der Waals surface area contributed by atoms with Crippen molar-refractivity contribution in [1.82, 2.24) is 4.90 Å². The Labute approximate surface area is 123 Å². The average molecular weight is 276 g/mol. The van der Waals surface area contributed by atoms with E-state index in [9.17, 15) is 0 Å². The van der Waals surface area contributed by atoms with Crippen LogP contribution in [0.3, 0.4) is 0 Å². The molecule has 1 aliphatic carbocycles. The highest BCUT2D eigenvalue weighted by Gasteiger charge is 2.21. The van der Waals surface area contributed by atoms with Crippen molar-refractivity contribution in [3.8, 4) is 5.75 Å². The molecule has 3 nitrogen and oxygen atoms in total. The second-order valence-electron chi connectivity index (χ2n) is 6.17. The summed E-state index contributed by atoms with van der Waals surface area (Å²) in [6, 6.07) is 8.36. The molecule has 1 aromatic rings. The van der Waals surface area contributed by atoms with Gasteiger partial charge in [-0.15, -0.1) is 0 Å². The Morgan fingerprint density at radius 2 is 1.90 bits per heavy atom. The third kappa shape index (κ3) is 4.50. The van der Waals surface area contributed by atoms with Crippen LogP contribution in [0.2, 0.25) is 0 Å². The Morgan fingerprint density at radius 1 is 1.20 bits per heavy atom. The first-order valence-corrected chi connectivity index (χ1v) is 7.72. The van der Waals surface area contributed by atoms with Crippen LogP contribution in [0.4, 0.5) is 0 Å². The zero-order valence-corrected chi connectivity index (χ0v) is 12.8. The van der Waals surface area contributed by atoms with Crippen LogP contribution >= 0.6 is 0 Å². The van der Waals surface area contributed by atoms with Crippen LogP contribution in [0.5, 0.6) is 5.75 Å². The fourth-order valence-corrected chi connectivity index (χ4v) is 3.24. The van der Waals surface area contributed by atoms with Crippen molar-refractivity contribution in [2.45, 2.75) is 32.2 Å². The first-order chi connectivity index (χ1) is 9.71. The van der Waals surface area contributed by atoms with Gasteiger partial charge in [0.2, 0.25) is 0 Å². The highest BCUT2D eigenvalue weighted by atomic mass is 16.5. The fourth-order valence-electron chi connectivity index (χ4n) is 3.24. The van der Waals surface area contributed by atoms with Crippen LogP contribution in [0.25, 0.3) is 0 Å². The zero-order chi connectivity index (χ0) is 14.4. The normalized spacial score (nSPS) is 23.0. The number of rotatable bonds is 6. The van der Waals surface area contributed by atoms with Gasteiger partial charge in [0.25, 0.3) is 0 Å². The second kappa shape index (κ2) is 7.65. The molecule has 2 N–H and O–H groups in total. The van der Waals surface area contributed by atoms with E-state index in [1.54, 1.807) is 7.11 Å². The van der Waals surface area contributed by atoms with Gasteiger partial charge in [0.05, 0.1) is 7.11 Å². The third-order valence-corrected chi connectivity index (χ3v) is 4.46. The molecule has 0 atom stereocenters. The van der Waals surface area contributed by atoms with Crippen LogP contribution in [0.15, 0.2) is 24.3 Å². The molecule has 0 radical (unpaired) electrons. The lowest BCUT2D eigenvalue weighted by Crippen LogP contribution is -2.29. The number of benzene rings is 1. The average Bonchev–Trinajstić information content (AvgIpc) is 2.48. The molecule has 1 fully saturated rings. The summed E-state index contributed by atoms with van der Waals surface area (Å²) < 4.78 is 5.28. The molecule has 0 unspecified atom stereocenters. The lowest BCUT2D eigenvalue weighted by molar-refractivity contribution is 0.201. The number of ether oxygens (including phenoxy) is 1. The number of nitrogens with zero attached hydrogens (tertiary/aromatic N) is 1. The number of hydrogen-bond acceptors (Lipinski definition) is 3. The molecule has 0 aliphatic heterocycles. The van der Waals surface area contributed by atoms with Crippen molar-refractivity contribution in [2.24, 2.45) is 17.6 Å². The Balaban J connectivity index is 1.79. The predicted molar refractivity (Wildman–Crippen MR) is 83.8 cm³/mol. The van der Waals surface area contributed by atoms with Gasteiger partial charge in [0, 0.05) is 13.1 Å². The summed E-state index contributed by atoms with van der Waals surface area (Å²) in [6.45, 7) is 3.05. The topological polar surface area (TPSA) is 38.5 Å². The van der Waals surface area contributed by atoms with Crippen molar-refractivity contribution in [3.63, 3.8) is 0 Å². The van der Waals surface area contributed by atoms with E-state index < -0.39 is 0 Å². The van der Waals surface area contributed by atoms with Crippen LogP contribution in [-0.2, 0) is 6.54 Å². The number of hydrogen-bond donors (Lipinski definition) is 1. The molecule has 1 saturated carbocycles. The zero-order valence-electron chi connectivity index (χ0n) is 12.8. The van der Waals surface area contributed by atoms with E-state index in [1.165, 1.54) is 37.8 Å². The molecular formula is C17H28N2O. The largest absolute Gasteiger partial charge is 0.497 e. The smallest absolute Gasteiger partial charge is 0.119 e. The van der Waals surface area contributed by atoms with Gasteiger partial charge < -0.3 is 15.4 Å². The van der Waals surface area contributed by atoms with E-state index in [0.29, 0.717) is 0 Å². The molecule has 0 saturated heterocycles. The monoisotopic (exact) mass is 276 g/mol. The first kappa shape index (κ1) is 15.3. The molecule has 0 bridgehead atoms. The summed E-state index contributed by atoms with van der Waals surface area (Å²) in [6.07, 6.45) is 5.30. The third-order valence-electron chi connectivity index (χ3n) is 4.46. The summed E-state index contributed by atoms with van der Waals surface area (Å²) >= 11 is 0.